The molecule has 0 aliphatic heterocycles. The summed E-state index contributed by atoms with van der Waals surface area (Å²) in [5, 5.41) is 39.5. The molecule has 37 heavy (non-hydrogen) atoms. The lowest BCUT2D eigenvalue weighted by atomic mass is 9.94. The fourth-order valence-electron chi connectivity index (χ4n) is 4.46. The van der Waals surface area contributed by atoms with Gasteiger partial charge in [-0.3, -0.25) is 9.59 Å². The summed E-state index contributed by atoms with van der Waals surface area (Å²) in [4.78, 5) is 23.9. The van der Waals surface area contributed by atoms with Crippen LogP contribution >= 0.6 is 0 Å². The summed E-state index contributed by atoms with van der Waals surface area (Å²) in [6.07, 6.45) is 19.0. The molecule has 1 aromatic rings. The summed E-state index contributed by atoms with van der Waals surface area (Å²) >= 11 is 0. The van der Waals surface area contributed by atoms with E-state index in [1.165, 1.54) is 13.2 Å². The maximum atomic E-state index is 12.2. The summed E-state index contributed by atoms with van der Waals surface area (Å²) in [5.41, 5.74) is 1.06. The molecule has 0 aromatic heterocycles. The van der Waals surface area contributed by atoms with Crippen LogP contribution in [0.25, 0.3) is 0 Å². The molecular formula is C30H42O7. The summed E-state index contributed by atoms with van der Waals surface area (Å²) in [5.74, 6) is -1.75. The number of carbonyl (C=O) groups is 2. The first kappa shape index (κ1) is 30.0. The van der Waals surface area contributed by atoms with Crippen molar-refractivity contribution in [3.63, 3.8) is 0 Å². The first-order chi connectivity index (χ1) is 17.8. The third kappa shape index (κ3) is 9.30. The van der Waals surface area contributed by atoms with Gasteiger partial charge in [0.15, 0.2) is 23.0 Å². The van der Waals surface area contributed by atoms with Crippen molar-refractivity contribution in [1.29, 1.82) is 0 Å². The van der Waals surface area contributed by atoms with Crippen molar-refractivity contribution in [2.75, 3.05) is 7.11 Å². The Balaban J connectivity index is 1.45. The molecule has 0 saturated heterocycles. The van der Waals surface area contributed by atoms with Gasteiger partial charge in [-0.05, 0) is 64.4 Å². The van der Waals surface area contributed by atoms with Crippen molar-refractivity contribution in [1.82, 2.24) is 0 Å². The number of hydrogen-bond donors (Lipinski definition) is 4. The zero-order valence-electron chi connectivity index (χ0n) is 22.2. The number of phenols is 3. The third-order valence-electron chi connectivity index (χ3n) is 6.86. The second kappa shape index (κ2) is 15.8. The van der Waals surface area contributed by atoms with Gasteiger partial charge in [-0.2, -0.15) is 0 Å². The number of ketones is 2. The number of hydrogen-bond acceptors (Lipinski definition) is 7. The van der Waals surface area contributed by atoms with E-state index in [2.05, 4.69) is 12.2 Å². The molecule has 4 N–H and O–H groups in total. The van der Waals surface area contributed by atoms with Crippen LogP contribution in [0.4, 0.5) is 0 Å². The lowest BCUT2D eigenvalue weighted by Gasteiger charge is -2.14. The Kier molecular flexibility index (Phi) is 12.8. The standard InChI is InChI=1S/C30H42O7/c1-21-24(31)19-22(28(34)27(21)33)17-15-13-11-9-7-5-3-4-6-8-10-12-14-16-18-23-29(35)25(32)20-26(37-2)30(23)36/h3-4,19-20,31,33-35H,5-18H2,1-2H3. The number of aliphatic hydroxyl groups excluding tert-OH is 1. The number of carbonyl (C=O) groups excluding carboxylic acids is 2. The molecule has 1 aromatic carbocycles. The molecule has 1 aliphatic carbocycles. The Morgan fingerprint density at radius 1 is 0.757 bits per heavy atom. The minimum Gasteiger partial charge on any atom is -0.508 e. The molecule has 0 heterocycles. The first-order valence-electron chi connectivity index (χ1n) is 13.4. The minimum absolute atomic E-state index is 0.00681. The van der Waals surface area contributed by atoms with Crippen molar-refractivity contribution < 1.29 is 34.8 Å². The van der Waals surface area contributed by atoms with Crippen LogP contribution in [0.1, 0.15) is 94.6 Å². The van der Waals surface area contributed by atoms with Crippen molar-refractivity contribution in [3.8, 4) is 17.2 Å². The van der Waals surface area contributed by atoms with Gasteiger partial charge < -0.3 is 25.2 Å². The average molecular weight is 515 g/mol. The number of benzene rings is 1. The lowest BCUT2D eigenvalue weighted by molar-refractivity contribution is -0.119. The largest absolute Gasteiger partial charge is 0.508 e. The van der Waals surface area contributed by atoms with E-state index in [1.807, 2.05) is 0 Å². The molecule has 0 amide bonds. The number of ether oxygens (including phenoxy) is 1. The van der Waals surface area contributed by atoms with Gasteiger partial charge in [0.1, 0.15) is 5.75 Å². The van der Waals surface area contributed by atoms with Crippen molar-refractivity contribution in [2.45, 2.75) is 96.8 Å². The predicted octanol–water partition coefficient (Wildman–Crippen LogP) is 6.78. The Hall–Kier alpha value is -3.22. The predicted molar refractivity (Wildman–Crippen MR) is 144 cm³/mol. The molecular weight excluding hydrogens is 472 g/mol. The molecule has 204 valence electrons. The highest BCUT2D eigenvalue weighted by molar-refractivity contribution is 6.20. The van der Waals surface area contributed by atoms with Crippen molar-refractivity contribution in [2.24, 2.45) is 0 Å². The van der Waals surface area contributed by atoms with Gasteiger partial charge in [0.25, 0.3) is 0 Å². The van der Waals surface area contributed by atoms with Crippen LogP contribution in [-0.4, -0.2) is 39.1 Å². The number of rotatable bonds is 17. The van der Waals surface area contributed by atoms with E-state index in [0.29, 0.717) is 24.0 Å². The zero-order valence-corrected chi connectivity index (χ0v) is 22.2. The Morgan fingerprint density at radius 2 is 1.30 bits per heavy atom. The molecule has 1 aliphatic rings. The highest BCUT2D eigenvalue weighted by atomic mass is 16.5. The van der Waals surface area contributed by atoms with Gasteiger partial charge >= 0.3 is 0 Å². The molecule has 0 atom stereocenters. The third-order valence-corrected chi connectivity index (χ3v) is 6.86. The highest BCUT2D eigenvalue weighted by Crippen LogP contribution is 2.38. The second-order valence-corrected chi connectivity index (χ2v) is 9.69. The van der Waals surface area contributed by atoms with E-state index >= 15 is 0 Å². The molecule has 0 spiro atoms. The van der Waals surface area contributed by atoms with Gasteiger partial charge in [0, 0.05) is 22.8 Å². The molecule has 7 heteroatoms. The van der Waals surface area contributed by atoms with Crippen LogP contribution in [-0.2, 0) is 20.7 Å². The fraction of sp³-hybridized carbons (Fsp3) is 0.533. The average Bonchev–Trinajstić information content (AvgIpc) is 2.89. The van der Waals surface area contributed by atoms with Crippen LogP contribution in [0.5, 0.6) is 17.2 Å². The molecule has 0 fully saturated rings. The number of methoxy groups -OCH3 is 1. The van der Waals surface area contributed by atoms with E-state index in [1.54, 1.807) is 6.92 Å². The number of aryl methyl sites for hydroxylation is 1. The molecule has 0 unspecified atom stereocenters. The number of phenolic OH excluding ortho intramolecular Hbond substituents is 3. The van der Waals surface area contributed by atoms with Crippen LogP contribution < -0.4 is 0 Å². The SMILES string of the molecule is COC1=CC(=O)C(O)=C(CCCCCCCC=CCCCCCCCc2cc(O)c(C)c(O)c2O)C1=O. The van der Waals surface area contributed by atoms with E-state index in [9.17, 15) is 30.0 Å². The number of allylic oxidation sites excluding steroid dienone is 4. The number of Topliss-reactive ketones (excluding diaryl/α,β-unsaturated/α-hetero) is 1. The lowest BCUT2D eigenvalue weighted by Crippen LogP contribution is -2.20. The van der Waals surface area contributed by atoms with E-state index < -0.39 is 17.3 Å². The van der Waals surface area contributed by atoms with Gasteiger partial charge in [0.05, 0.1) is 7.11 Å². The smallest absolute Gasteiger partial charge is 0.227 e. The van der Waals surface area contributed by atoms with E-state index in [4.69, 9.17) is 4.74 Å². The normalized spacial score (nSPS) is 14.1. The Morgan fingerprint density at radius 3 is 1.89 bits per heavy atom. The molecule has 0 bridgehead atoms. The van der Waals surface area contributed by atoms with Crippen LogP contribution in [0.3, 0.4) is 0 Å². The number of aromatic hydroxyl groups is 3. The van der Waals surface area contributed by atoms with Gasteiger partial charge in [0.2, 0.25) is 11.6 Å². The molecule has 0 saturated carbocycles. The Bertz CT molecular complexity index is 1020. The molecule has 7 nitrogen and oxygen atoms in total. The van der Waals surface area contributed by atoms with Gasteiger partial charge in [-0.1, -0.05) is 50.7 Å². The molecule has 0 radical (unpaired) electrons. The quantitative estimate of drug-likeness (QED) is 0.0594. The number of unbranched alkanes of at least 4 members (excludes halogenated alkanes) is 10. The van der Waals surface area contributed by atoms with E-state index in [-0.39, 0.29) is 28.6 Å². The first-order valence-corrected chi connectivity index (χ1v) is 13.4. The monoisotopic (exact) mass is 514 g/mol. The number of aliphatic hydroxyl groups is 1. The second-order valence-electron chi connectivity index (χ2n) is 9.69. The minimum atomic E-state index is -0.568. The maximum Gasteiger partial charge on any atom is 0.227 e. The highest BCUT2D eigenvalue weighted by Gasteiger charge is 2.28. The van der Waals surface area contributed by atoms with E-state index in [0.717, 1.165) is 83.1 Å². The van der Waals surface area contributed by atoms with Gasteiger partial charge in [-0.25, -0.2) is 0 Å². The zero-order chi connectivity index (χ0) is 27.2. The van der Waals surface area contributed by atoms with Crippen molar-refractivity contribution >= 4 is 11.6 Å². The summed E-state index contributed by atoms with van der Waals surface area (Å²) in [6, 6.07) is 1.54. The van der Waals surface area contributed by atoms with Crippen LogP contribution in [0.2, 0.25) is 0 Å². The Labute approximate surface area is 220 Å². The maximum absolute atomic E-state index is 12.2. The van der Waals surface area contributed by atoms with Crippen molar-refractivity contribution in [3.05, 3.63) is 52.5 Å². The fourth-order valence-corrected chi connectivity index (χ4v) is 4.46. The van der Waals surface area contributed by atoms with Crippen LogP contribution in [0.15, 0.2) is 41.4 Å². The summed E-state index contributed by atoms with van der Waals surface area (Å²) < 4.78 is 4.93. The molecule has 2 rings (SSSR count). The summed E-state index contributed by atoms with van der Waals surface area (Å²) in [6.45, 7) is 1.57. The van der Waals surface area contributed by atoms with Crippen LogP contribution in [0, 0.1) is 6.92 Å². The topological polar surface area (TPSA) is 124 Å². The van der Waals surface area contributed by atoms with Gasteiger partial charge in [-0.15, -0.1) is 0 Å². The summed E-state index contributed by atoms with van der Waals surface area (Å²) in [7, 11) is 1.34.